The molecule has 0 saturated heterocycles. The zero-order chi connectivity index (χ0) is 20.1. The number of aromatic amines is 1. The van der Waals surface area contributed by atoms with Gasteiger partial charge in [-0.1, -0.05) is 55.6 Å². The Balaban J connectivity index is 0.000000465. The van der Waals surface area contributed by atoms with Crippen LogP contribution in [0.4, 0.5) is 0 Å². The van der Waals surface area contributed by atoms with E-state index in [9.17, 15) is 14.7 Å². The third-order valence-electron chi connectivity index (χ3n) is 3.88. The second-order valence-electron chi connectivity index (χ2n) is 5.70. The highest BCUT2D eigenvalue weighted by molar-refractivity contribution is 9.10. The Morgan fingerprint density at radius 1 is 1.19 bits per heavy atom. The molecule has 3 N–H and O–H groups in total. The van der Waals surface area contributed by atoms with Crippen molar-refractivity contribution in [3.8, 4) is 5.75 Å². The minimum Gasteiger partial charge on any atom is -0.507 e. The number of phenolic OH excluding ortho intramolecular Hbond substituents is 1. The van der Waals surface area contributed by atoms with Crippen molar-refractivity contribution in [3.05, 3.63) is 72.9 Å². The molecule has 0 bridgehead atoms. The molecule has 3 aromatic rings. The molecule has 0 spiro atoms. The van der Waals surface area contributed by atoms with Crippen LogP contribution >= 0.6 is 43.5 Å². The fourth-order valence-electron chi connectivity index (χ4n) is 2.60. The molecule has 1 heterocycles. The van der Waals surface area contributed by atoms with Gasteiger partial charge >= 0.3 is 5.97 Å². The second kappa shape index (κ2) is 9.39. The number of hydrogen-bond donors (Lipinski definition) is 3. The minimum absolute atomic E-state index is 0.0347. The first-order valence-corrected chi connectivity index (χ1v) is 10.1. The van der Waals surface area contributed by atoms with E-state index < -0.39 is 5.97 Å². The fourth-order valence-corrected chi connectivity index (χ4v) is 3.07. The second-order valence-corrected chi connectivity index (χ2v) is 7.59. The van der Waals surface area contributed by atoms with Crippen molar-refractivity contribution in [2.45, 2.75) is 13.3 Å². The first kappa shape index (κ1) is 21.5. The van der Waals surface area contributed by atoms with Gasteiger partial charge in [-0.25, -0.2) is 0 Å². The zero-order valence-corrected chi connectivity index (χ0v) is 18.2. The van der Waals surface area contributed by atoms with Gasteiger partial charge in [0.2, 0.25) is 0 Å². The van der Waals surface area contributed by atoms with Crippen LogP contribution in [0.2, 0.25) is 5.02 Å². The van der Waals surface area contributed by atoms with Crippen LogP contribution in [-0.2, 0) is 11.2 Å². The van der Waals surface area contributed by atoms with Crippen LogP contribution in [0.25, 0.3) is 10.9 Å². The SMILES string of the molecule is Cc1c(Cc2ccc(Br)cc2)c(=O)[nH]c2c(Cl)ccc(O)c12.O=C(O)CBr. The number of halogens is 3. The van der Waals surface area contributed by atoms with Crippen LogP contribution < -0.4 is 5.56 Å². The number of carboxylic acid groups (broad SMARTS) is 1. The number of H-pyrrole nitrogens is 1. The first-order chi connectivity index (χ1) is 12.7. The third-order valence-corrected chi connectivity index (χ3v) is 5.20. The summed E-state index contributed by atoms with van der Waals surface area (Å²) in [4.78, 5) is 24.5. The van der Waals surface area contributed by atoms with E-state index in [-0.39, 0.29) is 16.6 Å². The zero-order valence-electron chi connectivity index (χ0n) is 14.2. The summed E-state index contributed by atoms with van der Waals surface area (Å²) in [6, 6.07) is 10.9. The third kappa shape index (κ3) is 5.34. The molecule has 142 valence electrons. The molecule has 5 nitrogen and oxygen atoms in total. The van der Waals surface area contributed by atoms with Crippen LogP contribution in [0.15, 0.2) is 45.7 Å². The standard InChI is InChI=1S/C17H13BrClNO2.C2H3BrO2/c1-9-12(8-10-2-4-11(18)5-3-10)17(22)20-16-13(19)6-7-14(21)15(9)16;3-1-2(4)5/h2-7,21H,8H2,1H3,(H,20,22);1H2,(H,4,5). The lowest BCUT2D eigenvalue weighted by molar-refractivity contribution is -0.133. The summed E-state index contributed by atoms with van der Waals surface area (Å²) in [7, 11) is 0. The van der Waals surface area contributed by atoms with Crippen molar-refractivity contribution in [3.63, 3.8) is 0 Å². The number of carboxylic acids is 1. The number of phenols is 1. The number of nitrogens with one attached hydrogen (secondary N) is 1. The van der Waals surface area contributed by atoms with Gasteiger partial charge in [-0.05, 0) is 42.3 Å². The predicted octanol–water partition coefficient (Wildman–Crippen LogP) is 5.01. The Morgan fingerprint density at radius 2 is 1.78 bits per heavy atom. The van der Waals surface area contributed by atoms with Gasteiger partial charge in [0, 0.05) is 21.8 Å². The van der Waals surface area contributed by atoms with Gasteiger partial charge in [0.1, 0.15) is 11.1 Å². The van der Waals surface area contributed by atoms with Crippen LogP contribution in [0, 0.1) is 6.92 Å². The molecule has 8 heteroatoms. The minimum atomic E-state index is -0.829. The van der Waals surface area contributed by atoms with Crippen molar-refractivity contribution in [2.75, 3.05) is 5.33 Å². The highest BCUT2D eigenvalue weighted by atomic mass is 79.9. The highest BCUT2D eigenvalue weighted by Gasteiger charge is 2.14. The summed E-state index contributed by atoms with van der Waals surface area (Å²) >= 11 is 12.2. The summed E-state index contributed by atoms with van der Waals surface area (Å²) in [5.41, 5.74) is 2.70. The summed E-state index contributed by atoms with van der Waals surface area (Å²) in [5.74, 6) is -0.713. The Morgan fingerprint density at radius 3 is 2.33 bits per heavy atom. The van der Waals surface area contributed by atoms with Gasteiger partial charge in [0.25, 0.3) is 5.56 Å². The van der Waals surface area contributed by atoms with E-state index in [2.05, 4.69) is 36.8 Å². The van der Waals surface area contributed by atoms with Gasteiger partial charge in [-0.15, -0.1) is 0 Å². The Labute approximate surface area is 177 Å². The van der Waals surface area contributed by atoms with E-state index in [1.807, 2.05) is 31.2 Å². The van der Waals surface area contributed by atoms with Gasteiger partial charge in [-0.2, -0.15) is 0 Å². The summed E-state index contributed by atoms with van der Waals surface area (Å²) in [5, 5.41) is 18.8. The number of aromatic hydroxyl groups is 1. The Bertz CT molecular complexity index is 1030. The molecule has 0 atom stereocenters. The van der Waals surface area contributed by atoms with Gasteiger partial charge < -0.3 is 15.2 Å². The largest absolute Gasteiger partial charge is 0.507 e. The predicted molar refractivity (Wildman–Crippen MR) is 114 cm³/mol. The molecule has 0 unspecified atom stereocenters. The monoisotopic (exact) mass is 515 g/mol. The average Bonchev–Trinajstić information content (AvgIpc) is 2.63. The van der Waals surface area contributed by atoms with E-state index >= 15 is 0 Å². The van der Waals surface area contributed by atoms with Gasteiger partial charge in [0.05, 0.1) is 10.5 Å². The molecule has 0 saturated carbocycles. The van der Waals surface area contributed by atoms with Crippen molar-refractivity contribution < 1.29 is 15.0 Å². The molecule has 0 radical (unpaired) electrons. The smallest absolute Gasteiger partial charge is 0.314 e. The lowest BCUT2D eigenvalue weighted by Crippen LogP contribution is -2.15. The van der Waals surface area contributed by atoms with Crippen LogP contribution in [0.5, 0.6) is 5.75 Å². The number of aryl methyl sites for hydroxylation is 1. The molecule has 2 aromatic carbocycles. The van der Waals surface area contributed by atoms with E-state index in [1.54, 1.807) is 12.1 Å². The quantitative estimate of drug-likeness (QED) is 0.426. The first-order valence-electron chi connectivity index (χ1n) is 7.79. The number of fused-ring (bicyclic) bond motifs is 1. The van der Waals surface area contributed by atoms with E-state index in [0.717, 1.165) is 15.6 Å². The van der Waals surface area contributed by atoms with E-state index in [4.69, 9.17) is 16.7 Å². The molecule has 3 rings (SSSR count). The number of aromatic nitrogens is 1. The normalized spacial score (nSPS) is 10.4. The summed E-state index contributed by atoms with van der Waals surface area (Å²) in [6.45, 7) is 1.84. The van der Waals surface area contributed by atoms with Crippen molar-refractivity contribution in [2.24, 2.45) is 0 Å². The van der Waals surface area contributed by atoms with Crippen LogP contribution in [0.3, 0.4) is 0 Å². The lowest BCUT2D eigenvalue weighted by atomic mass is 9.98. The van der Waals surface area contributed by atoms with E-state index in [1.165, 1.54) is 0 Å². The molecule has 0 amide bonds. The highest BCUT2D eigenvalue weighted by Crippen LogP contribution is 2.32. The van der Waals surface area contributed by atoms with Crippen molar-refractivity contribution in [1.82, 2.24) is 4.98 Å². The number of hydrogen-bond acceptors (Lipinski definition) is 3. The maximum atomic E-state index is 12.4. The van der Waals surface area contributed by atoms with Crippen molar-refractivity contribution >= 4 is 60.3 Å². The number of pyridine rings is 1. The average molecular weight is 518 g/mol. The summed E-state index contributed by atoms with van der Waals surface area (Å²) < 4.78 is 0.991. The van der Waals surface area contributed by atoms with Crippen molar-refractivity contribution in [1.29, 1.82) is 0 Å². The van der Waals surface area contributed by atoms with E-state index in [0.29, 0.717) is 27.9 Å². The lowest BCUT2D eigenvalue weighted by Gasteiger charge is -2.11. The Kier molecular flexibility index (Phi) is 7.47. The maximum absolute atomic E-state index is 12.4. The number of carbonyl (C=O) groups is 1. The van der Waals surface area contributed by atoms with Crippen LogP contribution in [0.1, 0.15) is 16.7 Å². The maximum Gasteiger partial charge on any atom is 0.314 e. The summed E-state index contributed by atoms with van der Waals surface area (Å²) in [6.07, 6.45) is 0.496. The number of alkyl halides is 1. The fraction of sp³-hybridized carbons (Fsp3) is 0.158. The number of benzene rings is 2. The molecule has 1 aromatic heterocycles. The number of aliphatic carboxylic acids is 1. The molecular weight excluding hydrogens is 501 g/mol. The molecule has 0 aliphatic heterocycles. The molecule has 0 aliphatic carbocycles. The number of rotatable bonds is 3. The van der Waals surface area contributed by atoms with Gasteiger partial charge in [-0.3, -0.25) is 9.59 Å². The Hall–Kier alpha value is -1.83. The van der Waals surface area contributed by atoms with Crippen LogP contribution in [-0.4, -0.2) is 26.5 Å². The molecule has 0 aliphatic rings. The topological polar surface area (TPSA) is 90.4 Å². The molecule has 0 fully saturated rings. The molecule has 27 heavy (non-hydrogen) atoms. The van der Waals surface area contributed by atoms with Gasteiger partial charge in [0.15, 0.2) is 0 Å². The molecular formula is C19H16Br2ClNO4.